The van der Waals surface area contributed by atoms with Gasteiger partial charge in [-0.3, -0.25) is 0 Å². The number of rotatable bonds is 6. The van der Waals surface area contributed by atoms with Crippen molar-refractivity contribution in [3.63, 3.8) is 0 Å². The highest BCUT2D eigenvalue weighted by Crippen LogP contribution is 2.40. The highest BCUT2D eigenvalue weighted by atomic mass is 32.1. The highest BCUT2D eigenvalue weighted by Gasteiger charge is 2.15. The maximum absolute atomic E-state index is 5.06. The third-order valence-corrected chi connectivity index (χ3v) is 10.2. The molecule has 49 heavy (non-hydrogen) atoms. The Hall–Kier alpha value is -6.23. The molecule has 7 aromatic carbocycles. The Balaban J connectivity index is 1.14. The van der Waals surface area contributed by atoms with Crippen molar-refractivity contribution < 1.29 is 0 Å². The minimum absolute atomic E-state index is 0.642. The smallest absolute Gasteiger partial charge is 0.164 e. The Morgan fingerprint density at radius 1 is 0.306 bits per heavy atom. The maximum atomic E-state index is 5.06. The van der Waals surface area contributed by atoms with Crippen LogP contribution in [0, 0.1) is 0 Å². The zero-order chi connectivity index (χ0) is 32.6. The fraction of sp³-hybridized carbons (Fsp3) is 0. The molecule has 0 bridgehead atoms. The monoisotopic (exact) mass is 643 g/mol. The quantitative estimate of drug-likeness (QED) is 0.181. The molecule has 0 saturated heterocycles. The minimum atomic E-state index is 0.642. The Kier molecular flexibility index (Phi) is 7.34. The molecule has 3 nitrogen and oxygen atoms in total. The van der Waals surface area contributed by atoms with E-state index in [0.717, 1.165) is 33.4 Å². The zero-order valence-corrected chi connectivity index (χ0v) is 27.3. The van der Waals surface area contributed by atoms with E-state index in [1.807, 2.05) is 23.5 Å². The third-order valence-electron chi connectivity index (χ3n) is 8.97. The van der Waals surface area contributed by atoms with Crippen molar-refractivity contribution >= 4 is 31.5 Å². The second-order valence-electron chi connectivity index (χ2n) is 12.1. The molecule has 0 radical (unpaired) electrons. The SMILES string of the molecule is c1ccc(-c2ccc(-c3nc(-c4ccc(-c5cccc6c5sc5ccccc56)cc4)nc(-c4cccc(-c5ccccc5)c4)n3)cc2)cc1. The first kappa shape index (κ1) is 29.0. The van der Waals surface area contributed by atoms with Crippen LogP contribution in [0.2, 0.25) is 0 Å². The Morgan fingerprint density at radius 3 is 1.43 bits per heavy atom. The van der Waals surface area contributed by atoms with E-state index in [2.05, 4.69) is 164 Å². The van der Waals surface area contributed by atoms with Gasteiger partial charge in [-0.05, 0) is 45.5 Å². The van der Waals surface area contributed by atoms with Crippen molar-refractivity contribution in [1.29, 1.82) is 0 Å². The van der Waals surface area contributed by atoms with E-state index < -0.39 is 0 Å². The molecule has 0 aliphatic heterocycles. The van der Waals surface area contributed by atoms with E-state index in [1.54, 1.807) is 0 Å². The Bertz CT molecular complexity index is 2570. The molecule has 0 spiro atoms. The average molecular weight is 644 g/mol. The molecule has 4 heteroatoms. The maximum Gasteiger partial charge on any atom is 0.164 e. The van der Waals surface area contributed by atoms with Crippen molar-refractivity contribution in [2.75, 3.05) is 0 Å². The predicted octanol–water partition coefficient (Wildman–Crippen LogP) is 12.2. The summed E-state index contributed by atoms with van der Waals surface area (Å²) >= 11 is 1.85. The number of fused-ring (bicyclic) bond motifs is 3. The molecule has 230 valence electrons. The van der Waals surface area contributed by atoms with Gasteiger partial charge in [-0.25, -0.2) is 15.0 Å². The number of thiophene rings is 1. The van der Waals surface area contributed by atoms with Crippen molar-refractivity contribution in [3.8, 4) is 67.5 Å². The summed E-state index contributed by atoms with van der Waals surface area (Å²) in [5, 5.41) is 2.60. The summed E-state index contributed by atoms with van der Waals surface area (Å²) in [6, 6.07) is 61.5. The summed E-state index contributed by atoms with van der Waals surface area (Å²) < 4.78 is 2.61. The normalized spacial score (nSPS) is 11.3. The van der Waals surface area contributed by atoms with Crippen molar-refractivity contribution in [2.45, 2.75) is 0 Å². The topological polar surface area (TPSA) is 38.7 Å². The van der Waals surface area contributed by atoms with Gasteiger partial charge in [-0.2, -0.15) is 0 Å². The number of benzene rings is 7. The molecular weight excluding hydrogens is 615 g/mol. The van der Waals surface area contributed by atoms with Crippen LogP contribution in [0.15, 0.2) is 176 Å². The number of nitrogens with zero attached hydrogens (tertiary/aromatic N) is 3. The van der Waals surface area contributed by atoms with Gasteiger partial charge >= 0.3 is 0 Å². The molecule has 0 fully saturated rings. The average Bonchev–Trinajstić information content (AvgIpc) is 3.58. The summed E-state index contributed by atoms with van der Waals surface area (Å²) in [6.45, 7) is 0. The second kappa shape index (κ2) is 12.4. The van der Waals surface area contributed by atoms with Gasteiger partial charge in [0.25, 0.3) is 0 Å². The molecule has 2 aromatic heterocycles. The van der Waals surface area contributed by atoms with Gasteiger partial charge in [0.1, 0.15) is 0 Å². The Labute approximate surface area is 288 Å². The highest BCUT2D eigenvalue weighted by molar-refractivity contribution is 7.26. The van der Waals surface area contributed by atoms with Gasteiger partial charge in [0, 0.05) is 36.9 Å². The number of aromatic nitrogens is 3. The summed E-state index contributed by atoms with van der Waals surface area (Å²) in [4.78, 5) is 15.1. The molecule has 0 atom stereocenters. The molecule has 0 aliphatic carbocycles. The Morgan fingerprint density at radius 2 is 0.755 bits per heavy atom. The molecule has 0 amide bonds. The van der Waals surface area contributed by atoms with E-state index in [4.69, 9.17) is 15.0 Å². The minimum Gasteiger partial charge on any atom is -0.208 e. The van der Waals surface area contributed by atoms with Crippen LogP contribution in [0.5, 0.6) is 0 Å². The van der Waals surface area contributed by atoms with Gasteiger partial charge in [-0.15, -0.1) is 11.3 Å². The van der Waals surface area contributed by atoms with E-state index in [9.17, 15) is 0 Å². The molecule has 0 unspecified atom stereocenters. The zero-order valence-electron chi connectivity index (χ0n) is 26.5. The lowest BCUT2D eigenvalue weighted by atomic mass is 10.0. The molecule has 9 aromatic rings. The summed E-state index contributed by atoms with van der Waals surface area (Å²) in [6.07, 6.45) is 0. The van der Waals surface area contributed by atoms with Gasteiger partial charge in [0.2, 0.25) is 0 Å². The fourth-order valence-corrected chi connectivity index (χ4v) is 7.69. The van der Waals surface area contributed by atoms with Gasteiger partial charge in [-0.1, -0.05) is 164 Å². The van der Waals surface area contributed by atoms with E-state index in [0.29, 0.717) is 17.5 Å². The molecule has 0 N–H and O–H groups in total. The lowest BCUT2D eigenvalue weighted by molar-refractivity contribution is 1.07. The fourth-order valence-electron chi connectivity index (χ4n) is 6.45. The van der Waals surface area contributed by atoms with Crippen LogP contribution in [0.4, 0.5) is 0 Å². The lowest BCUT2D eigenvalue weighted by Gasteiger charge is -2.11. The predicted molar refractivity (Wildman–Crippen MR) is 205 cm³/mol. The first-order chi connectivity index (χ1) is 24.3. The number of hydrogen-bond donors (Lipinski definition) is 0. The second-order valence-corrected chi connectivity index (χ2v) is 13.1. The largest absolute Gasteiger partial charge is 0.208 e. The molecule has 9 rings (SSSR count). The van der Waals surface area contributed by atoms with Crippen molar-refractivity contribution in [1.82, 2.24) is 15.0 Å². The van der Waals surface area contributed by atoms with Crippen LogP contribution in [0.1, 0.15) is 0 Å². The molecule has 0 aliphatic rings. The van der Waals surface area contributed by atoms with E-state index >= 15 is 0 Å². The van der Waals surface area contributed by atoms with E-state index in [-0.39, 0.29) is 0 Å². The van der Waals surface area contributed by atoms with E-state index in [1.165, 1.54) is 36.9 Å². The lowest BCUT2D eigenvalue weighted by Crippen LogP contribution is -2.00. The van der Waals surface area contributed by atoms with Gasteiger partial charge < -0.3 is 0 Å². The van der Waals surface area contributed by atoms with Crippen LogP contribution >= 0.6 is 11.3 Å². The third kappa shape index (κ3) is 5.58. The van der Waals surface area contributed by atoms with Crippen LogP contribution < -0.4 is 0 Å². The molecule has 0 saturated carbocycles. The van der Waals surface area contributed by atoms with Gasteiger partial charge in [0.15, 0.2) is 17.5 Å². The van der Waals surface area contributed by atoms with Crippen LogP contribution in [-0.4, -0.2) is 15.0 Å². The van der Waals surface area contributed by atoms with Crippen molar-refractivity contribution in [2.24, 2.45) is 0 Å². The summed E-state index contributed by atoms with van der Waals surface area (Å²) in [5.74, 6) is 1.93. The summed E-state index contributed by atoms with van der Waals surface area (Å²) in [5.41, 5.74) is 9.83. The van der Waals surface area contributed by atoms with Crippen molar-refractivity contribution in [3.05, 3.63) is 176 Å². The first-order valence-electron chi connectivity index (χ1n) is 16.4. The standard InChI is InChI=1S/C45H29N3S/c1-3-11-30(12-4-1)32-21-25-34(26-22-32)43-46-44(48-45(47-43)37-16-9-15-36(29-37)31-13-5-2-6-14-31)35-27-23-33(24-28-35)38-18-10-19-40-39-17-7-8-20-41(39)49-42(38)40/h1-29H. The summed E-state index contributed by atoms with van der Waals surface area (Å²) in [7, 11) is 0. The molecule has 2 heterocycles. The molecular formula is C45H29N3S. The van der Waals surface area contributed by atoms with Crippen LogP contribution in [-0.2, 0) is 0 Å². The number of hydrogen-bond acceptors (Lipinski definition) is 4. The van der Waals surface area contributed by atoms with Crippen LogP contribution in [0.3, 0.4) is 0 Å². The first-order valence-corrected chi connectivity index (χ1v) is 17.2. The van der Waals surface area contributed by atoms with Gasteiger partial charge in [0.05, 0.1) is 0 Å². The van der Waals surface area contributed by atoms with Crippen LogP contribution in [0.25, 0.3) is 87.7 Å².